The second-order valence-corrected chi connectivity index (χ2v) is 5.60. The fourth-order valence-corrected chi connectivity index (χ4v) is 2.20. The fourth-order valence-electron chi connectivity index (χ4n) is 2.20. The maximum Gasteiger partial charge on any atom is 0.235 e. The van der Waals surface area contributed by atoms with Gasteiger partial charge in [0.15, 0.2) is 5.82 Å². The van der Waals surface area contributed by atoms with E-state index in [2.05, 4.69) is 15.5 Å². The predicted molar refractivity (Wildman–Crippen MR) is 78.4 cm³/mol. The lowest BCUT2D eigenvalue weighted by Gasteiger charge is -2.21. The summed E-state index contributed by atoms with van der Waals surface area (Å²) >= 11 is 0. The van der Waals surface area contributed by atoms with E-state index >= 15 is 0 Å². The van der Waals surface area contributed by atoms with Crippen LogP contribution in [-0.2, 0) is 10.3 Å². The molecule has 0 spiro atoms. The van der Waals surface area contributed by atoms with Gasteiger partial charge in [0.25, 0.3) is 0 Å². The Morgan fingerprint density at radius 2 is 2.05 bits per heavy atom. The molecule has 2 rings (SSSR count). The van der Waals surface area contributed by atoms with Gasteiger partial charge in [-0.3, -0.25) is 4.79 Å². The van der Waals surface area contributed by atoms with Gasteiger partial charge < -0.3 is 15.6 Å². The molecule has 22 heavy (non-hydrogen) atoms. The highest BCUT2D eigenvalue weighted by molar-refractivity contribution is 5.73. The van der Waals surface area contributed by atoms with Gasteiger partial charge in [-0.25, -0.2) is 4.39 Å². The number of nitrogens with two attached hydrogens (primary N) is 1. The molecule has 0 fully saturated rings. The van der Waals surface area contributed by atoms with Crippen molar-refractivity contribution in [3.63, 3.8) is 0 Å². The summed E-state index contributed by atoms with van der Waals surface area (Å²) in [6.07, 6.45) is 0. The molecule has 1 amide bonds. The number of carbonyl (C=O) groups excluding carboxylic acids is 1. The molecule has 1 aromatic carbocycles. The Morgan fingerprint density at radius 1 is 1.41 bits per heavy atom. The number of benzene rings is 1. The monoisotopic (exact) mass is 306 g/mol. The Labute approximate surface area is 127 Å². The zero-order valence-corrected chi connectivity index (χ0v) is 12.8. The summed E-state index contributed by atoms with van der Waals surface area (Å²) in [6, 6.07) is 5.98. The molecule has 3 N–H and O–H groups in total. The third-order valence-electron chi connectivity index (χ3n) is 3.30. The molecule has 1 aromatic heterocycles. The minimum Gasteiger partial charge on any atom is -0.344 e. The van der Waals surface area contributed by atoms with Gasteiger partial charge in [-0.2, -0.15) is 4.98 Å². The molecule has 1 atom stereocenters. The lowest BCUT2D eigenvalue weighted by molar-refractivity contribution is -0.120. The van der Waals surface area contributed by atoms with Crippen molar-refractivity contribution in [1.29, 1.82) is 0 Å². The van der Waals surface area contributed by atoms with Gasteiger partial charge in [0.2, 0.25) is 11.8 Å². The van der Waals surface area contributed by atoms with E-state index in [1.54, 1.807) is 26.0 Å². The summed E-state index contributed by atoms with van der Waals surface area (Å²) in [7, 11) is 0. The molecule has 0 saturated heterocycles. The van der Waals surface area contributed by atoms with Crippen molar-refractivity contribution < 1.29 is 13.7 Å². The van der Waals surface area contributed by atoms with E-state index < -0.39 is 5.54 Å². The molecule has 0 aliphatic heterocycles. The molecule has 7 heteroatoms. The first-order chi connectivity index (χ1) is 10.3. The van der Waals surface area contributed by atoms with E-state index in [1.807, 2.05) is 0 Å². The molecule has 0 saturated carbocycles. The van der Waals surface area contributed by atoms with Crippen LogP contribution in [0.5, 0.6) is 0 Å². The number of nitrogens with zero attached hydrogens (tertiary/aromatic N) is 2. The average Bonchev–Trinajstić information content (AvgIpc) is 2.91. The van der Waals surface area contributed by atoms with Gasteiger partial charge in [0.05, 0.1) is 11.5 Å². The second-order valence-electron chi connectivity index (χ2n) is 5.60. The number of hydrogen-bond donors (Lipinski definition) is 2. The number of hydrogen-bond acceptors (Lipinski definition) is 5. The summed E-state index contributed by atoms with van der Waals surface area (Å²) in [5, 5.41) is 6.67. The van der Waals surface area contributed by atoms with E-state index in [1.165, 1.54) is 19.1 Å². The SMILES string of the molecule is CC(=O)NC(C)(C)c1noc(C(CN)c2ccc(F)cc2)n1. The van der Waals surface area contributed by atoms with Crippen LogP contribution < -0.4 is 11.1 Å². The van der Waals surface area contributed by atoms with E-state index in [-0.39, 0.29) is 24.2 Å². The summed E-state index contributed by atoms with van der Waals surface area (Å²) in [6.45, 7) is 5.22. The normalized spacial score (nSPS) is 13.0. The Bertz CT molecular complexity index is 652. The van der Waals surface area contributed by atoms with Crippen molar-refractivity contribution in [2.45, 2.75) is 32.2 Å². The van der Waals surface area contributed by atoms with Crippen LogP contribution in [0.4, 0.5) is 4.39 Å². The Balaban J connectivity index is 2.28. The maximum atomic E-state index is 13.0. The molecular formula is C15H19FN4O2. The largest absolute Gasteiger partial charge is 0.344 e. The third kappa shape index (κ3) is 3.48. The first-order valence-corrected chi connectivity index (χ1v) is 6.92. The molecule has 0 aliphatic carbocycles. The molecule has 0 bridgehead atoms. The van der Waals surface area contributed by atoms with Crippen molar-refractivity contribution in [2.24, 2.45) is 5.73 Å². The molecule has 0 aliphatic rings. The van der Waals surface area contributed by atoms with Gasteiger partial charge in [-0.1, -0.05) is 17.3 Å². The van der Waals surface area contributed by atoms with Gasteiger partial charge in [-0.05, 0) is 31.5 Å². The summed E-state index contributed by atoms with van der Waals surface area (Å²) in [4.78, 5) is 15.6. The first kappa shape index (κ1) is 16.1. The van der Waals surface area contributed by atoms with Crippen LogP contribution in [-0.4, -0.2) is 22.6 Å². The predicted octanol–water partition coefficient (Wildman–Crippen LogP) is 1.67. The highest BCUT2D eigenvalue weighted by Gasteiger charge is 2.29. The van der Waals surface area contributed by atoms with Crippen molar-refractivity contribution >= 4 is 5.91 Å². The van der Waals surface area contributed by atoms with Crippen LogP contribution in [0, 0.1) is 5.82 Å². The van der Waals surface area contributed by atoms with Crippen LogP contribution in [0.1, 0.15) is 44.0 Å². The van der Waals surface area contributed by atoms with Crippen molar-refractivity contribution in [3.05, 3.63) is 47.4 Å². The summed E-state index contributed by atoms with van der Waals surface area (Å²) in [5.41, 5.74) is 5.82. The van der Waals surface area contributed by atoms with Crippen LogP contribution >= 0.6 is 0 Å². The van der Waals surface area contributed by atoms with E-state index in [0.29, 0.717) is 11.7 Å². The quantitative estimate of drug-likeness (QED) is 0.876. The Hall–Kier alpha value is -2.28. The first-order valence-electron chi connectivity index (χ1n) is 6.92. The highest BCUT2D eigenvalue weighted by atomic mass is 19.1. The standard InChI is InChI=1S/C15H19FN4O2/c1-9(21)19-15(2,3)14-18-13(22-20-14)12(8-17)10-4-6-11(16)7-5-10/h4-7,12H,8,17H2,1-3H3,(H,19,21). The van der Waals surface area contributed by atoms with Crippen molar-refractivity contribution in [1.82, 2.24) is 15.5 Å². The fraction of sp³-hybridized carbons (Fsp3) is 0.400. The van der Waals surface area contributed by atoms with Gasteiger partial charge >= 0.3 is 0 Å². The van der Waals surface area contributed by atoms with E-state index in [9.17, 15) is 9.18 Å². The molecular weight excluding hydrogens is 287 g/mol. The Kier molecular flexibility index (Phi) is 4.56. The van der Waals surface area contributed by atoms with Crippen LogP contribution in [0.2, 0.25) is 0 Å². The van der Waals surface area contributed by atoms with Gasteiger partial charge in [0.1, 0.15) is 5.82 Å². The summed E-state index contributed by atoms with van der Waals surface area (Å²) in [5.74, 6) is -0.140. The van der Waals surface area contributed by atoms with Gasteiger partial charge in [0, 0.05) is 13.5 Å². The average molecular weight is 306 g/mol. The number of halogens is 1. The van der Waals surface area contributed by atoms with Gasteiger partial charge in [-0.15, -0.1) is 0 Å². The molecule has 0 radical (unpaired) electrons. The lowest BCUT2D eigenvalue weighted by atomic mass is 9.99. The van der Waals surface area contributed by atoms with Crippen molar-refractivity contribution in [2.75, 3.05) is 6.54 Å². The molecule has 118 valence electrons. The minimum atomic E-state index is -0.754. The van der Waals surface area contributed by atoms with Crippen LogP contribution in [0.15, 0.2) is 28.8 Å². The number of nitrogens with one attached hydrogen (secondary N) is 1. The lowest BCUT2D eigenvalue weighted by Crippen LogP contribution is -2.40. The minimum absolute atomic E-state index is 0.190. The highest BCUT2D eigenvalue weighted by Crippen LogP contribution is 2.25. The smallest absolute Gasteiger partial charge is 0.235 e. The summed E-state index contributed by atoms with van der Waals surface area (Å²) < 4.78 is 18.3. The topological polar surface area (TPSA) is 94.0 Å². The van der Waals surface area contributed by atoms with E-state index in [0.717, 1.165) is 5.56 Å². The number of rotatable bonds is 5. The molecule has 2 aromatic rings. The van der Waals surface area contributed by atoms with E-state index in [4.69, 9.17) is 10.3 Å². The Morgan fingerprint density at radius 3 is 2.59 bits per heavy atom. The molecule has 1 heterocycles. The third-order valence-corrected chi connectivity index (χ3v) is 3.30. The zero-order valence-electron chi connectivity index (χ0n) is 12.8. The number of carbonyl (C=O) groups is 1. The van der Waals surface area contributed by atoms with Crippen LogP contribution in [0.3, 0.4) is 0 Å². The van der Waals surface area contributed by atoms with Crippen LogP contribution in [0.25, 0.3) is 0 Å². The second kappa shape index (κ2) is 6.23. The number of amides is 1. The maximum absolute atomic E-state index is 13.0. The zero-order chi connectivity index (χ0) is 16.3. The number of aromatic nitrogens is 2. The molecule has 1 unspecified atom stereocenters. The molecule has 6 nitrogen and oxygen atoms in total. The van der Waals surface area contributed by atoms with Crippen molar-refractivity contribution in [3.8, 4) is 0 Å².